The van der Waals surface area contributed by atoms with Crippen LogP contribution in [0, 0.1) is 5.82 Å². The molecule has 0 N–H and O–H groups in total. The van der Waals surface area contributed by atoms with E-state index < -0.39 is 22.7 Å². The molecule has 2 aromatic carbocycles. The van der Waals surface area contributed by atoms with Crippen LogP contribution in [-0.4, -0.2) is 65.3 Å². The lowest BCUT2D eigenvalue weighted by Gasteiger charge is -2.31. The Labute approximate surface area is 212 Å². The third-order valence-corrected chi connectivity index (χ3v) is 8.09. The minimum atomic E-state index is -3.22. The number of methoxy groups -OCH3 is 1. The van der Waals surface area contributed by atoms with Crippen LogP contribution in [-0.2, 0) is 26.8 Å². The Bertz CT molecular complexity index is 1210. The van der Waals surface area contributed by atoms with Crippen molar-refractivity contribution in [1.82, 2.24) is 4.90 Å². The predicted octanol–water partition coefficient (Wildman–Crippen LogP) is 3.57. The normalized spacial score (nSPS) is 21.2. The Morgan fingerprint density at radius 1 is 1.19 bits per heavy atom. The zero-order valence-corrected chi connectivity index (χ0v) is 21.2. The van der Waals surface area contributed by atoms with Crippen LogP contribution < -0.4 is 9.04 Å². The molecule has 2 fully saturated rings. The van der Waals surface area contributed by atoms with Gasteiger partial charge in [0.05, 0.1) is 24.6 Å². The highest BCUT2D eigenvalue weighted by Gasteiger charge is 2.39. The van der Waals surface area contributed by atoms with Crippen molar-refractivity contribution in [3.05, 3.63) is 52.8 Å². The number of rotatable bonds is 8. The van der Waals surface area contributed by atoms with Crippen LogP contribution in [0.1, 0.15) is 53.1 Å². The topological polar surface area (TPSA) is 85.4 Å². The van der Waals surface area contributed by atoms with E-state index in [0.717, 1.165) is 42.3 Å². The van der Waals surface area contributed by atoms with Crippen LogP contribution in [0.25, 0.3) is 0 Å². The molecule has 0 aliphatic carbocycles. The number of benzene rings is 2. The van der Waals surface area contributed by atoms with Crippen molar-refractivity contribution >= 4 is 28.2 Å². The number of likely N-dealkylation sites (tertiary alicyclic amines) is 1. The molecule has 2 aromatic rings. The Morgan fingerprint density at radius 2 is 1.97 bits per heavy atom. The quantitative estimate of drug-likeness (QED) is 0.422. The van der Waals surface area contributed by atoms with E-state index in [1.165, 1.54) is 38.2 Å². The van der Waals surface area contributed by atoms with Gasteiger partial charge in [-0.25, -0.2) is 21.9 Å². The number of carbonyl (C=O) groups is 1. The van der Waals surface area contributed by atoms with Crippen LogP contribution in [0.3, 0.4) is 0 Å². The zero-order valence-electron chi connectivity index (χ0n) is 20.3. The molecule has 3 heterocycles. The average molecular weight is 519 g/mol. The van der Waals surface area contributed by atoms with Gasteiger partial charge in [0.1, 0.15) is 23.7 Å². The number of halogens is 1. The van der Waals surface area contributed by atoms with Gasteiger partial charge in [-0.1, -0.05) is 6.07 Å². The molecule has 0 saturated carbocycles. The maximum atomic E-state index is 14.3. The van der Waals surface area contributed by atoms with E-state index >= 15 is 0 Å². The molecule has 0 bridgehead atoms. The molecule has 5 rings (SSSR count). The van der Waals surface area contributed by atoms with Crippen LogP contribution >= 0.6 is 0 Å². The van der Waals surface area contributed by atoms with Gasteiger partial charge in [-0.2, -0.15) is 0 Å². The summed E-state index contributed by atoms with van der Waals surface area (Å²) in [5.74, 6) is -0.748. The van der Waals surface area contributed by atoms with Gasteiger partial charge < -0.3 is 19.1 Å². The van der Waals surface area contributed by atoms with E-state index in [-0.39, 0.29) is 29.9 Å². The smallest absolute Gasteiger partial charge is 0.343 e. The summed E-state index contributed by atoms with van der Waals surface area (Å²) in [6.45, 7) is 3.84. The summed E-state index contributed by atoms with van der Waals surface area (Å²) in [5.41, 5.74) is 1.86. The molecule has 194 valence electrons. The molecule has 0 spiro atoms. The first kappa shape index (κ1) is 25.0. The Kier molecular flexibility index (Phi) is 7.45. The van der Waals surface area contributed by atoms with E-state index in [1.54, 1.807) is 12.1 Å². The first-order chi connectivity index (χ1) is 17.5. The van der Waals surface area contributed by atoms with Gasteiger partial charge in [0.15, 0.2) is 0 Å². The van der Waals surface area contributed by atoms with Gasteiger partial charge in [0, 0.05) is 18.1 Å². The fraction of sp³-hybridized carbons (Fsp3) is 0.500. The second-order valence-corrected chi connectivity index (χ2v) is 10.3. The summed E-state index contributed by atoms with van der Waals surface area (Å²) in [4.78, 5) is 15.4. The Hall–Kier alpha value is -2.69. The molecular formula is C26H31FN2O6S. The van der Waals surface area contributed by atoms with Crippen molar-refractivity contribution in [2.24, 2.45) is 0 Å². The van der Waals surface area contributed by atoms with Crippen molar-refractivity contribution in [2.75, 3.05) is 44.3 Å². The number of thiol groups is 1. The molecule has 36 heavy (non-hydrogen) atoms. The number of esters is 1. The fourth-order valence-electron chi connectivity index (χ4n) is 5.61. The summed E-state index contributed by atoms with van der Waals surface area (Å²) in [7, 11) is -1.97. The van der Waals surface area contributed by atoms with E-state index in [9.17, 15) is 17.6 Å². The number of nitrogens with zero attached hydrogens (tertiary/aromatic N) is 2. The maximum Gasteiger partial charge on any atom is 0.343 e. The van der Waals surface area contributed by atoms with Crippen LogP contribution in [0.2, 0.25) is 0 Å². The minimum Gasteiger partial charge on any atom is -0.490 e. The van der Waals surface area contributed by atoms with Gasteiger partial charge in [0.25, 0.3) is 0 Å². The Balaban J connectivity index is 1.55. The van der Waals surface area contributed by atoms with E-state index in [4.69, 9.17) is 14.2 Å². The number of hydrogen-bond acceptors (Lipinski definition) is 7. The molecule has 8 nitrogen and oxygen atoms in total. The summed E-state index contributed by atoms with van der Waals surface area (Å²) in [6, 6.07) is 7.47. The van der Waals surface area contributed by atoms with Gasteiger partial charge in [-0.15, -0.1) is 0 Å². The molecule has 10 heteroatoms. The van der Waals surface area contributed by atoms with Crippen LogP contribution in [0.15, 0.2) is 30.3 Å². The molecule has 0 radical (unpaired) electrons. The third kappa shape index (κ3) is 4.81. The minimum absolute atomic E-state index is 0.0480. The van der Waals surface area contributed by atoms with Crippen molar-refractivity contribution in [2.45, 2.75) is 44.1 Å². The number of hydrogen-bond donors (Lipinski definition) is 1. The molecule has 2 saturated heterocycles. The lowest BCUT2D eigenvalue weighted by molar-refractivity contribution is 0.0469. The van der Waals surface area contributed by atoms with Crippen LogP contribution in [0.4, 0.5) is 15.8 Å². The highest BCUT2D eigenvalue weighted by molar-refractivity contribution is 7.74. The number of aryl methyl sites for hydroxylation is 1. The highest BCUT2D eigenvalue weighted by Crippen LogP contribution is 2.46. The second kappa shape index (κ2) is 10.7. The number of ether oxygens (including phenoxy) is 3. The molecule has 2 unspecified atom stereocenters. The molecule has 0 amide bonds. The monoisotopic (exact) mass is 518 g/mol. The summed E-state index contributed by atoms with van der Waals surface area (Å²) in [6.07, 6.45) is 4.32. The predicted molar refractivity (Wildman–Crippen MR) is 133 cm³/mol. The van der Waals surface area contributed by atoms with E-state index in [1.807, 2.05) is 0 Å². The third-order valence-electron chi connectivity index (χ3n) is 7.34. The first-order valence-corrected chi connectivity index (χ1v) is 13.6. The summed E-state index contributed by atoms with van der Waals surface area (Å²) >= 11 is 0. The van der Waals surface area contributed by atoms with E-state index in [0.29, 0.717) is 30.0 Å². The number of fused-ring (bicyclic) bond motifs is 3. The molecule has 2 atom stereocenters. The van der Waals surface area contributed by atoms with Gasteiger partial charge >= 0.3 is 5.97 Å². The molecular weight excluding hydrogens is 487 g/mol. The van der Waals surface area contributed by atoms with Gasteiger partial charge in [-0.3, -0.25) is 0 Å². The number of carbonyl (C=O) groups excluding carboxylic acids is 1. The van der Waals surface area contributed by atoms with Crippen molar-refractivity contribution < 1.29 is 31.8 Å². The average Bonchev–Trinajstić information content (AvgIpc) is 3.56. The largest absolute Gasteiger partial charge is 0.490 e. The van der Waals surface area contributed by atoms with Crippen molar-refractivity contribution in [1.29, 1.82) is 0 Å². The molecule has 3 aliphatic heterocycles. The van der Waals surface area contributed by atoms with Gasteiger partial charge in [0.2, 0.25) is 10.9 Å². The second-order valence-electron chi connectivity index (χ2n) is 9.46. The lowest BCUT2D eigenvalue weighted by Crippen LogP contribution is -2.30. The number of anilines is 2. The lowest BCUT2D eigenvalue weighted by atomic mass is 9.88. The molecule has 3 aliphatic rings. The fourth-order valence-corrected chi connectivity index (χ4v) is 6.33. The van der Waals surface area contributed by atoms with E-state index in [2.05, 4.69) is 4.90 Å². The van der Waals surface area contributed by atoms with Crippen molar-refractivity contribution in [3.8, 4) is 5.75 Å². The van der Waals surface area contributed by atoms with Crippen LogP contribution in [0.5, 0.6) is 5.75 Å². The maximum absolute atomic E-state index is 14.3. The Morgan fingerprint density at radius 3 is 2.72 bits per heavy atom. The summed E-state index contributed by atoms with van der Waals surface area (Å²) < 4.78 is 57.5. The first-order valence-electron chi connectivity index (χ1n) is 12.4. The van der Waals surface area contributed by atoms with Crippen molar-refractivity contribution in [3.63, 3.8) is 0 Å². The van der Waals surface area contributed by atoms with Gasteiger partial charge in [-0.05, 0) is 81.6 Å². The zero-order chi connectivity index (χ0) is 25.2. The highest BCUT2D eigenvalue weighted by atomic mass is 32.2. The standard InChI is InChI=1S/C26H31FN2O6S/c1-33-26(30)24-22(9-7-20-19-10-14-34-23(19)16-35-25(20)24)29(36(31)32)21-8-6-18(27)15-17(21)5-4-13-28-11-2-3-12-28/h6-9,15,19,23,36H,2-5,10-14,16H2,1H3. The SMILES string of the molecule is COC(=O)c1c(N(c2ccc(F)cc2CCCN2CCCC2)[SH](=O)=O)ccc2c1OCC1OCCC21. The molecule has 0 aromatic heterocycles. The summed E-state index contributed by atoms with van der Waals surface area (Å²) in [5, 5.41) is 0.